The molecular weight excluding hydrogens is 401 g/mol. The molecular formula is C21H22N5OPS. The Kier molecular flexibility index (Phi) is 5.88. The van der Waals surface area contributed by atoms with E-state index in [1.165, 1.54) is 16.9 Å². The standard InChI is InChI=1S/C21H22N5OPS/c22-15-12-17(23-9-8-14-4-2-1-3-5-14)25-18(13-15)26(16-6-7-16)21(27)19(28)20-24-10-11-29-20/h1-5,10-13,16,28H,6-9H2,(H3,22,23,25). The number of hydrogen-bond donors (Lipinski definition) is 2. The van der Waals surface area contributed by atoms with Crippen LogP contribution in [0.25, 0.3) is 0 Å². The molecule has 0 radical (unpaired) electrons. The number of hydrogen-bond acceptors (Lipinski definition) is 6. The van der Waals surface area contributed by atoms with Gasteiger partial charge in [0.1, 0.15) is 16.6 Å². The molecule has 3 N–H and O–H groups in total. The van der Waals surface area contributed by atoms with Crippen LogP contribution in [0.5, 0.6) is 0 Å². The third kappa shape index (κ3) is 4.81. The van der Waals surface area contributed by atoms with E-state index in [0.29, 0.717) is 27.6 Å². The summed E-state index contributed by atoms with van der Waals surface area (Å²) in [5, 5.41) is 6.27. The van der Waals surface area contributed by atoms with Gasteiger partial charge in [0.15, 0.2) is 0 Å². The van der Waals surface area contributed by atoms with E-state index in [1.807, 2.05) is 23.6 Å². The first-order chi connectivity index (χ1) is 14.1. The van der Waals surface area contributed by atoms with Crippen LogP contribution in [0.1, 0.15) is 23.4 Å². The molecule has 148 valence electrons. The van der Waals surface area contributed by atoms with Crippen LogP contribution >= 0.6 is 20.2 Å². The summed E-state index contributed by atoms with van der Waals surface area (Å²) in [7, 11) is 3.49. The molecule has 0 unspecified atom stereocenters. The number of nitrogen functional groups attached to an aromatic ring is 1. The molecule has 1 aliphatic rings. The fourth-order valence-corrected chi connectivity index (χ4v) is 4.02. The lowest BCUT2D eigenvalue weighted by Crippen LogP contribution is -2.38. The third-order valence-corrected chi connectivity index (χ3v) is 6.06. The van der Waals surface area contributed by atoms with Crippen LogP contribution < -0.4 is 16.0 Å². The topological polar surface area (TPSA) is 84.1 Å². The summed E-state index contributed by atoms with van der Waals surface area (Å²) in [4.78, 5) is 23.8. The number of anilines is 3. The van der Waals surface area contributed by atoms with Gasteiger partial charge in [-0.15, -0.1) is 20.2 Å². The van der Waals surface area contributed by atoms with Crippen molar-refractivity contribution in [3.63, 3.8) is 0 Å². The number of benzene rings is 1. The molecule has 2 heterocycles. The average Bonchev–Trinajstić information content (AvgIpc) is 3.39. The summed E-state index contributed by atoms with van der Waals surface area (Å²) in [6.45, 7) is 0.728. The van der Waals surface area contributed by atoms with Crippen molar-refractivity contribution in [2.45, 2.75) is 25.3 Å². The number of nitrogens with two attached hydrogens (primary N) is 1. The normalized spacial score (nSPS) is 13.1. The number of pyridine rings is 1. The van der Waals surface area contributed by atoms with E-state index in [0.717, 1.165) is 25.8 Å². The molecule has 6 nitrogen and oxygen atoms in total. The average molecular weight is 423 g/mol. The van der Waals surface area contributed by atoms with E-state index < -0.39 is 0 Å². The van der Waals surface area contributed by atoms with Crippen LogP contribution in [-0.2, 0) is 11.2 Å². The van der Waals surface area contributed by atoms with Gasteiger partial charge in [0.25, 0.3) is 5.91 Å². The number of nitrogens with one attached hydrogen (secondary N) is 1. The van der Waals surface area contributed by atoms with E-state index in [2.05, 4.69) is 36.3 Å². The highest BCUT2D eigenvalue weighted by molar-refractivity contribution is 7.30. The van der Waals surface area contributed by atoms with Gasteiger partial charge in [-0.25, -0.2) is 9.97 Å². The first-order valence-corrected chi connectivity index (χ1v) is 10.9. The summed E-state index contributed by atoms with van der Waals surface area (Å²) < 4.78 is 0. The van der Waals surface area contributed by atoms with E-state index in [1.54, 1.807) is 23.2 Å². The van der Waals surface area contributed by atoms with Gasteiger partial charge in [-0.2, -0.15) is 0 Å². The minimum Gasteiger partial charge on any atom is -0.399 e. The summed E-state index contributed by atoms with van der Waals surface area (Å²) in [5.41, 5.74) is 7.94. The monoisotopic (exact) mass is 423 g/mol. The van der Waals surface area contributed by atoms with Crippen LogP contribution in [0.2, 0.25) is 0 Å². The molecule has 8 heteroatoms. The fraction of sp³-hybridized carbons (Fsp3) is 0.238. The minimum absolute atomic E-state index is 0.139. The first-order valence-electron chi connectivity index (χ1n) is 9.49. The number of carbonyl (C=O) groups excluding carboxylic acids is 1. The van der Waals surface area contributed by atoms with Crippen molar-refractivity contribution in [1.82, 2.24) is 9.97 Å². The summed E-state index contributed by atoms with van der Waals surface area (Å²) in [5.74, 6) is 1.08. The number of rotatable bonds is 8. The van der Waals surface area contributed by atoms with Crippen molar-refractivity contribution in [1.29, 1.82) is 0 Å². The second-order valence-corrected chi connectivity index (χ2v) is 8.32. The van der Waals surface area contributed by atoms with Gasteiger partial charge in [0, 0.05) is 42.0 Å². The zero-order chi connectivity index (χ0) is 20.2. The lowest BCUT2D eigenvalue weighted by atomic mass is 10.1. The van der Waals surface area contributed by atoms with Crippen molar-refractivity contribution in [2.75, 3.05) is 22.5 Å². The second kappa shape index (κ2) is 8.72. The number of aromatic nitrogens is 2. The van der Waals surface area contributed by atoms with Gasteiger partial charge in [-0.1, -0.05) is 30.3 Å². The highest BCUT2D eigenvalue weighted by Gasteiger charge is 2.36. The third-order valence-electron chi connectivity index (χ3n) is 4.63. The molecule has 1 amide bonds. The number of amides is 1. The Morgan fingerprint density at radius 3 is 2.76 bits per heavy atom. The molecule has 1 aliphatic carbocycles. The zero-order valence-electron chi connectivity index (χ0n) is 15.8. The number of carbonyl (C=O) groups is 1. The van der Waals surface area contributed by atoms with E-state index in [-0.39, 0.29) is 11.9 Å². The molecule has 4 rings (SSSR count). The Hall–Kier alpha value is -2.76. The van der Waals surface area contributed by atoms with Crippen molar-refractivity contribution in [3.8, 4) is 0 Å². The van der Waals surface area contributed by atoms with Crippen LogP contribution in [-0.4, -0.2) is 33.8 Å². The molecule has 1 fully saturated rings. The van der Waals surface area contributed by atoms with Crippen molar-refractivity contribution in [3.05, 3.63) is 64.6 Å². The fourth-order valence-electron chi connectivity index (χ4n) is 3.08. The molecule has 29 heavy (non-hydrogen) atoms. The maximum atomic E-state index is 13.2. The largest absolute Gasteiger partial charge is 0.399 e. The Bertz CT molecular complexity index is 1010. The minimum atomic E-state index is -0.146. The molecule has 0 atom stereocenters. The second-order valence-electron chi connectivity index (χ2n) is 6.92. The van der Waals surface area contributed by atoms with Crippen molar-refractivity contribution in [2.24, 2.45) is 0 Å². The quantitative estimate of drug-likeness (QED) is 0.541. The Morgan fingerprint density at radius 1 is 1.28 bits per heavy atom. The van der Waals surface area contributed by atoms with E-state index in [4.69, 9.17) is 5.73 Å². The highest BCUT2D eigenvalue weighted by Crippen LogP contribution is 2.33. The van der Waals surface area contributed by atoms with Crippen molar-refractivity contribution >= 4 is 48.7 Å². The van der Waals surface area contributed by atoms with Gasteiger partial charge < -0.3 is 11.1 Å². The lowest BCUT2D eigenvalue weighted by molar-refractivity contribution is -0.112. The number of nitrogens with zero attached hydrogens (tertiary/aromatic N) is 3. The van der Waals surface area contributed by atoms with Gasteiger partial charge in [-0.05, 0) is 24.8 Å². The van der Waals surface area contributed by atoms with E-state index >= 15 is 0 Å². The van der Waals surface area contributed by atoms with Crippen LogP contribution in [0, 0.1) is 0 Å². The zero-order valence-corrected chi connectivity index (χ0v) is 17.7. The van der Waals surface area contributed by atoms with Crippen LogP contribution in [0.4, 0.5) is 17.3 Å². The van der Waals surface area contributed by atoms with Gasteiger partial charge in [0.05, 0.1) is 5.29 Å². The van der Waals surface area contributed by atoms with E-state index in [9.17, 15) is 4.79 Å². The lowest BCUT2D eigenvalue weighted by Gasteiger charge is -2.23. The summed E-state index contributed by atoms with van der Waals surface area (Å²) in [6, 6.07) is 13.9. The van der Waals surface area contributed by atoms with Gasteiger partial charge in [-0.3, -0.25) is 9.69 Å². The van der Waals surface area contributed by atoms with Crippen LogP contribution in [0.15, 0.2) is 54.0 Å². The maximum absolute atomic E-state index is 13.2. The Morgan fingerprint density at radius 2 is 2.07 bits per heavy atom. The number of thiazole rings is 1. The highest BCUT2D eigenvalue weighted by atomic mass is 32.1. The first kappa shape index (κ1) is 19.6. The molecule has 2 aromatic heterocycles. The Labute approximate surface area is 176 Å². The maximum Gasteiger partial charge on any atom is 0.266 e. The SMILES string of the molecule is Nc1cc(NCCc2ccccc2)nc(N(C(=O)C(=P)c2nccs2)C2CC2)c1. The predicted octanol–water partition coefficient (Wildman–Crippen LogP) is 3.63. The Balaban J connectivity index is 1.51. The molecule has 1 saturated carbocycles. The van der Waals surface area contributed by atoms with Gasteiger partial charge in [0.2, 0.25) is 0 Å². The van der Waals surface area contributed by atoms with Crippen molar-refractivity contribution < 1.29 is 4.79 Å². The van der Waals surface area contributed by atoms with Gasteiger partial charge >= 0.3 is 0 Å². The predicted molar refractivity (Wildman–Crippen MR) is 122 cm³/mol. The summed E-state index contributed by atoms with van der Waals surface area (Å²) >= 11 is 1.42. The van der Waals surface area contributed by atoms with Crippen LogP contribution in [0.3, 0.4) is 0 Å². The molecule has 0 spiro atoms. The molecule has 1 aromatic carbocycles. The summed E-state index contributed by atoms with van der Waals surface area (Å²) in [6.07, 6.45) is 4.47. The molecule has 0 aliphatic heterocycles. The smallest absolute Gasteiger partial charge is 0.266 e. The molecule has 0 bridgehead atoms. The molecule has 3 aromatic rings. The molecule has 0 saturated heterocycles.